The molecule has 0 saturated heterocycles. The van der Waals surface area contributed by atoms with Crippen molar-refractivity contribution >= 4 is 40.5 Å². The summed E-state index contributed by atoms with van der Waals surface area (Å²) in [4.78, 5) is 13.2. The number of benzene rings is 2. The van der Waals surface area contributed by atoms with Crippen molar-refractivity contribution < 1.29 is 9.53 Å². The lowest BCUT2D eigenvalue weighted by molar-refractivity contribution is -0.135. The van der Waals surface area contributed by atoms with Gasteiger partial charge in [0.25, 0.3) is 0 Å². The Balaban J connectivity index is 1.89. The van der Waals surface area contributed by atoms with Gasteiger partial charge in [-0.05, 0) is 36.1 Å². The third-order valence-corrected chi connectivity index (χ3v) is 5.17. The van der Waals surface area contributed by atoms with Crippen molar-refractivity contribution in [2.24, 2.45) is 0 Å². The number of hydrogen-bond acceptors (Lipinski definition) is 6. The highest BCUT2D eigenvalue weighted by Crippen LogP contribution is 2.42. The van der Waals surface area contributed by atoms with Gasteiger partial charge in [-0.2, -0.15) is 8.75 Å². The predicted octanol–water partition coefficient (Wildman–Crippen LogP) is 3.85. The summed E-state index contributed by atoms with van der Waals surface area (Å²) < 4.78 is 14.1. The predicted molar refractivity (Wildman–Crippen MR) is 87.7 cm³/mol. The van der Waals surface area contributed by atoms with Crippen LogP contribution in [0.1, 0.15) is 23.5 Å². The molecule has 4 rings (SSSR count). The average Bonchev–Trinajstić information content (AvgIpc) is 3.02. The molecule has 0 N–H and O–H groups in total. The zero-order valence-electron chi connectivity index (χ0n) is 11.8. The van der Waals surface area contributed by atoms with Crippen molar-refractivity contribution in [2.75, 3.05) is 6.26 Å². The molecule has 0 unspecified atom stereocenters. The normalized spacial score (nSPS) is 17.3. The standard InChI is InChI=1S/C16H12N2O2S2/c1-21-10-4-2-9(3-5-10)11-8-14(19)20-13-7-6-12-16(15(11)13)18-22-17-12/h2-7,11H,8H2,1H3/t11-/m1/s1. The summed E-state index contributed by atoms with van der Waals surface area (Å²) in [6, 6.07) is 12.0. The first-order valence-electron chi connectivity index (χ1n) is 6.86. The molecule has 1 aromatic heterocycles. The van der Waals surface area contributed by atoms with Crippen molar-refractivity contribution in [3.05, 3.63) is 47.5 Å². The van der Waals surface area contributed by atoms with E-state index in [2.05, 4.69) is 33.0 Å². The SMILES string of the molecule is CSc1ccc([C@H]2CC(=O)Oc3ccc4nsnc4c32)cc1. The van der Waals surface area contributed by atoms with E-state index in [1.807, 2.05) is 18.4 Å². The van der Waals surface area contributed by atoms with E-state index in [9.17, 15) is 4.79 Å². The topological polar surface area (TPSA) is 52.1 Å². The lowest BCUT2D eigenvalue weighted by Gasteiger charge is -2.25. The van der Waals surface area contributed by atoms with Gasteiger partial charge in [0.1, 0.15) is 16.8 Å². The lowest BCUT2D eigenvalue weighted by Crippen LogP contribution is -2.21. The Bertz CT molecular complexity index is 858. The van der Waals surface area contributed by atoms with Gasteiger partial charge < -0.3 is 4.74 Å². The third kappa shape index (κ3) is 2.19. The fourth-order valence-electron chi connectivity index (χ4n) is 2.83. The number of fused-ring (bicyclic) bond motifs is 3. The second kappa shape index (κ2) is 5.37. The maximum atomic E-state index is 11.9. The number of ether oxygens (including phenoxy) is 1. The van der Waals surface area contributed by atoms with Gasteiger partial charge in [0.05, 0.1) is 18.1 Å². The second-order valence-electron chi connectivity index (χ2n) is 5.11. The van der Waals surface area contributed by atoms with Crippen LogP contribution in [-0.2, 0) is 4.79 Å². The number of hydrogen-bond donors (Lipinski definition) is 0. The second-order valence-corrected chi connectivity index (χ2v) is 6.52. The molecule has 1 aliphatic heterocycles. The summed E-state index contributed by atoms with van der Waals surface area (Å²) in [5.74, 6) is 0.379. The van der Waals surface area contributed by atoms with Crippen LogP contribution >= 0.6 is 23.5 Å². The molecule has 4 nitrogen and oxygen atoms in total. The highest BCUT2D eigenvalue weighted by molar-refractivity contribution is 7.98. The number of aromatic nitrogens is 2. The lowest BCUT2D eigenvalue weighted by atomic mass is 9.85. The first-order chi connectivity index (χ1) is 10.8. The Morgan fingerprint density at radius 2 is 2.00 bits per heavy atom. The number of rotatable bonds is 2. The fraction of sp³-hybridized carbons (Fsp3) is 0.188. The molecule has 0 saturated carbocycles. The van der Waals surface area contributed by atoms with Crippen LogP contribution in [0.25, 0.3) is 11.0 Å². The minimum absolute atomic E-state index is 0.0280. The van der Waals surface area contributed by atoms with E-state index in [1.54, 1.807) is 11.8 Å². The fourth-order valence-corrected chi connectivity index (χ4v) is 3.79. The molecule has 0 bridgehead atoms. The average molecular weight is 328 g/mol. The smallest absolute Gasteiger partial charge is 0.312 e. The molecule has 1 aliphatic rings. The largest absolute Gasteiger partial charge is 0.426 e. The van der Waals surface area contributed by atoms with Gasteiger partial charge in [-0.3, -0.25) is 4.79 Å². The Hall–Kier alpha value is -1.92. The Labute approximate surface area is 135 Å². The van der Waals surface area contributed by atoms with E-state index in [0.29, 0.717) is 12.2 Å². The molecule has 6 heteroatoms. The minimum Gasteiger partial charge on any atom is -0.426 e. The van der Waals surface area contributed by atoms with Gasteiger partial charge in [0.2, 0.25) is 0 Å². The van der Waals surface area contributed by atoms with Crippen molar-refractivity contribution in [1.82, 2.24) is 8.75 Å². The highest BCUT2D eigenvalue weighted by Gasteiger charge is 2.31. The number of carbonyl (C=O) groups excluding carboxylic acids is 1. The zero-order valence-corrected chi connectivity index (χ0v) is 13.4. The summed E-state index contributed by atoms with van der Waals surface area (Å²) in [6.07, 6.45) is 2.38. The van der Waals surface area contributed by atoms with Gasteiger partial charge in [-0.25, -0.2) is 0 Å². The maximum absolute atomic E-state index is 11.9. The van der Waals surface area contributed by atoms with E-state index >= 15 is 0 Å². The van der Waals surface area contributed by atoms with Crippen LogP contribution in [0.4, 0.5) is 0 Å². The van der Waals surface area contributed by atoms with E-state index in [0.717, 1.165) is 22.2 Å². The van der Waals surface area contributed by atoms with Crippen LogP contribution in [0.5, 0.6) is 5.75 Å². The molecule has 1 atom stereocenters. The van der Waals surface area contributed by atoms with Crippen molar-refractivity contribution in [3.8, 4) is 5.75 Å². The molecule has 0 amide bonds. The van der Waals surface area contributed by atoms with Gasteiger partial charge in [-0.15, -0.1) is 11.8 Å². The Kier molecular flexibility index (Phi) is 3.35. The van der Waals surface area contributed by atoms with E-state index in [4.69, 9.17) is 4.74 Å². The molecule has 2 aromatic carbocycles. The molecule has 22 heavy (non-hydrogen) atoms. The molecule has 3 aromatic rings. The number of carbonyl (C=O) groups is 1. The van der Waals surface area contributed by atoms with Crippen molar-refractivity contribution in [2.45, 2.75) is 17.2 Å². The molecular weight excluding hydrogens is 316 g/mol. The Morgan fingerprint density at radius 1 is 1.18 bits per heavy atom. The van der Waals surface area contributed by atoms with Crippen LogP contribution in [0.2, 0.25) is 0 Å². The molecule has 0 radical (unpaired) electrons. The maximum Gasteiger partial charge on any atom is 0.312 e. The van der Waals surface area contributed by atoms with Crippen LogP contribution in [0.3, 0.4) is 0 Å². The summed E-state index contributed by atoms with van der Waals surface area (Å²) in [5, 5.41) is 0. The third-order valence-electron chi connectivity index (χ3n) is 3.89. The van der Waals surface area contributed by atoms with Crippen LogP contribution < -0.4 is 4.74 Å². The number of thioether (sulfide) groups is 1. The molecule has 0 fully saturated rings. The van der Waals surface area contributed by atoms with Gasteiger partial charge >= 0.3 is 5.97 Å². The molecular formula is C16H12N2O2S2. The first kappa shape index (κ1) is 13.7. The van der Waals surface area contributed by atoms with Gasteiger partial charge in [0.15, 0.2) is 0 Å². The monoisotopic (exact) mass is 328 g/mol. The van der Waals surface area contributed by atoms with E-state index in [-0.39, 0.29) is 11.9 Å². The van der Waals surface area contributed by atoms with Crippen molar-refractivity contribution in [3.63, 3.8) is 0 Å². The summed E-state index contributed by atoms with van der Waals surface area (Å²) in [6.45, 7) is 0. The Morgan fingerprint density at radius 3 is 2.77 bits per heavy atom. The molecule has 0 aliphatic carbocycles. The highest BCUT2D eigenvalue weighted by atomic mass is 32.2. The van der Waals surface area contributed by atoms with Crippen molar-refractivity contribution in [1.29, 1.82) is 0 Å². The molecule has 0 spiro atoms. The zero-order chi connectivity index (χ0) is 15.1. The summed E-state index contributed by atoms with van der Waals surface area (Å²) >= 11 is 2.89. The molecule has 110 valence electrons. The first-order valence-corrected chi connectivity index (χ1v) is 8.81. The quantitative estimate of drug-likeness (QED) is 0.406. The van der Waals surface area contributed by atoms with Gasteiger partial charge in [-0.1, -0.05) is 12.1 Å². The van der Waals surface area contributed by atoms with Crippen LogP contribution in [-0.4, -0.2) is 21.0 Å². The van der Waals surface area contributed by atoms with Crippen LogP contribution in [0.15, 0.2) is 41.3 Å². The molecule has 2 heterocycles. The number of esters is 1. The number of nitrogens with zero attached hydrogens (tertiary/aromatic N) is 2. The summed E-state index contributed by atoms with van der Waals surface area (Å²) in [5.41, 5.74) is 3.78. The summed E-state index contributed by atoms with van der Waals surface area (Å²) in [7, 11) is 0. The van der Waals surface area contributed by atoms with Crippen LogP contribution in [0, 0.1) is 0 Å². The van der Waals surface area contributed by atoms with Gasteiger partial charge in [0, 0.05) is 16.4 Å². The minimum atomic E-state index is -0.200. The van der Waals surface area contributed by atoms with E-state index in [1.165, 1.54) is 16.6 Å². The van der Waals surface area contributed by atoms with E-state index < -0.39 is 0 Å².